The molecule has 0 radical (unpaired) electrons. The number of ether oxygens (including phenoxy) is 2. The minimum Gasteiger partial charge on any atom is -0.529 e. The molecule has 2 aromatic rings. The zero-order valence-corrected chi connectivity index (χ0v) is 20.2. The predicted octanol–water partition coefficient (Wildman–Crippen LogP) is 5.08. The van der Waals surface area contributed by atoms with Gasteiger partial charge in [0.25, 0.3) is 8.32 Å². The fourth-order valence-corrected chi connectivity index (χ4v) is 10.1. The lowest BCUT2D eigenvalue weighted by molar-refractivity contribution is 0.145. The highest BCUT2D eigenvalue weighted by Gasteiger charge is 2.48. The van der Waals surface area contributed by atoms with Crippen molar-refractivity contribution in [2.75, 3.05) is 20.3 Å². The van der Waals surface area contributed by atoms with Crippen LogP contribution in [0.25, 0.3) is 5.69 Å². The van der Waals surface area contributed by atoms with Gasteiger partial charge in [-0.15, -0.1) is 5.10 Å². The number of methoxy groups -OCH3 is 1. The summed E-state index contributed by atoms with van der Waals surface area (Å²) in [5, 5.41) is 4.86. The van der Waals surface area contributed by atoms with E-state index in [2.05, 4.69) is 46.5 Å². The van der Waals surface area contributed by atoms with Crippen LogP contribution in [-0.2, 0) is 17.6 Å². The van der Waals surface area contributed by atoms with Crippen LogP contribution in [0, 0.1) is 5.82 Å². The summed E-state index contributed by atoms with van der Waals surface area (Å²) in [7, 11) is -0.779. The molecule has 0 N–H and O–H groups in total. The quantitative estimate of drug-likeness (QED) is 0.567. The third-order valence-corrected chi connectivity index (χ3v) is 12.2. The standard InChI is InChI=1S/C22H34FN3O3Si/c1-14(2)30(15(3)4,16(5)6)29-21-18-8-10-28-11-9-20(18)26(25-21)17-12-19(23)22(27-7)24-13-17/h12-16H,8-11H2,1-7H3. The van der Waals surface area contributed by atoms with E-state index in [-0.39, 0.29) is 5.88 Å². The molecule has 30 heavy (non-hydrogen) atoms. The van der Waals surface area contributed by atoms with Crippen molar-refractivity contribution in [3.8, 4) is 17.4 Å². The molecule has 0 bridgehead atoms. The second kappa shape index (κ2) is 9.06. The Morgan fingerprint density at radius 2 is 1.67 bits per heavy atom. The van der Waals surface area contributed by atoms with Crippen molar-refractivity contribution in [1.82, 2.24) is 14.8 Å². The van der Waals surface area contributed by atoms with E-state index in [4.69, 9.17) is 19.0 Å². The summed E-state index contributed by atoms with van der Waals surface area (Å²) < 4.78 is 33.8. The van der Waals surface area contributed by atoms with E-state index in [1.54, 1.807) is 10.9 Å². The summed E-state index contributed by atoms with van der Waals surface area (Å²) in [5.74, 6) is 0.138. The van der Waals surface area contributed by atoms with Gasteiger partial charge in [-0.3, -0.25) is 0 Å². The van der Waals surface area contributed by atoms with Crippen molar-refractivity contribution in [2.24, 2.45) is 0 Å². The maximum atomic E-state index is 14.4. The highest BCUT2D eigenvalue weighted by atomic mass is 28.4. The first-order chi connectivity index (χ1) is 14.2. The molecule has 0 atom stereocenters. The van der Waals surface area contributed by atoms with Crippen molar-refractivity contribution < 1.29 is 18.3 Å². The van der Waals surface area contributed by atoms with Crippen LogP contribution in [0.3, 0.4) is 0 Å². The van der Waals surface area contributed by atoms with Gasteiger partial charge in [0, 0.05) is 24.5 Å². The molecule has 0 fully saturated rings. The molecular formula is C22H34FN3O3Si. The lowest BCUT2D eigenvalue weighted by Gasteiger charge is -2.41. The molecular weight excluding hydrogens is 401 g/mol. The number of nitrogens with zero attached hydrogens (tertiary/aromatic N) is 3. The third-order valence-electron chi connectivity index (χ3n) is 6.24. The van der Waals surface area contributed by atoms with E-state index in [1.165, 1.54) is 13.2 Å². The maximum absolute atomic E-state index is 14.4. The summed E-state index contributed by atoms with van der Waals surface area (Å²) in [5.41, 5.74) is 3.93. The third kappa shape index (κ3) is 3.99. The molecule has 0 spiro atoms. The van der Waals surface area contributed by atoms with Crippen molar-refractivity contribution >= 4 is 8.32 Å². The molecule has 1 aliphatic heterocycles. The van der Waals surface area contributed by atoms with Gasteiger partial charge in [-0.25, -0.2) is 14.1 Å². The van der Waals surface area contributed by atoms with Gasteiger partial charge in [0.1, 0.15) is 0 Å². The summed E-state index contributed by atoms with van der Waals surface area (Å²) in [6.45, 7) is 14.8. The second-order valence-electron chi connectivity index (χ2n) is 8.86. The second-order valence-corrected chi connectivity index (χ2v) is 14.2. The fourth-order valence-electron chi connectivity index (χ4n) is 4.91. The SMILES string of the molecule is COc1ncc(-n2nc(O[Si](C(C)C)(C(C)C)C(C)C)c3c2CCOCC3)cc1F. The lowest BCUT2D eigenvalue weighted by Crippen LogP contribution is -2.51. The summed E-state index contributed by atoms with van der Waals surface area (Å²) in [6, 6.07) is 1.41. The lowest BCUT2D eigenvalue weighted by atomic mass is 10.1. The van der Waals surface area contributed by atoms with Gasteiger partial charge < -0.3 is 13.9 Å². The first kappa shape index (κ1) is 22.7. The predicted molar refractivity (Wildman–Crippen MR) is 118 cm³/mol. The van der Waals surface area contributed by atoms with Gasteiger partial charge in [0.15, 0.2) is 5.82 Å². The Kier molecular flexibility index (Phi) is 6.87. The number of aromatic nitrogens is 3. The Labute approximate surface area is 179 Å². The van der Waals surface area contributed by atoms with Crippen molar-refractivity contribution in [3.05, 3.63) is 29.3 Å². The molecule has 3 rings (SSSR count). The van der Waals surface area contributed by atoms with Gasteiger partial charge in [0.05, 0.1) is 37.9 Å². The molecule has 0 saturated carbocycles. The Hall–Kier alpha value is -1.93. The minimum atomic E-state index is -2.18. The van der Waals surface area contributed by atoms with Gasteiger partial charge in [0.2, 0.25) is 11.8 Å². The van der Waals surface area contributed by atoms with E-state index in [1.807, 2.05) is 0 Å². The number of hydrogen-bond donors (Lipinski definition) is 0. The van der Waals surface area contributed by atoms with Crippen LogP contribution in [-0.4, -0.2) is 43.4 Å². The van der Waals surface area contributed by atoms with Gasteiger partial charge in [-0.05, 0) is 16.6 Å². The van der Waals surface area contributed by atoms with Crippen LogP contribution in [0.4, 0.5) is 4.39 Å². The van der Waals surface area contributed by atoms with E-state index < -0.39 is 14.1 Å². The molecule has 8 heteroatoms. The molecule has 2 aromatic heterocycles. The number of rotatable bonds is 7. The van der Waals surface area contributed by atoms with Gasteiger partial charge in [-0.2, -0.15) is 0 Å². The van der Waals surface area contributed by atoms with E-state index in [0.29, 0.717) is 47.8 Å². The fraction of sp³-hybridized carbons (Fsp3) is 0.636. The largest absolute Gasteiger partial charge is 0.529 e. The van der Waals surface area contributed by atoms with Crippen molar-refractivity contribution in [1.29, 1.82) is 0 Å². The Bertz CT molecular complexity index is 861. The molecule has 6 nitrogen and oxygen atoms in total. The average molecular weight is 436 g/mol. The van der Waals surface area contributed by atoms with E-state index >= 15 is 0 Å². The first-order valence-corrected chi connectivity index (χ1v) is 12.9. The van der Waals surface area contributed by atoms with Crippen LogP contribution < -0.4 is 9.16 Å². The molecule has 0 aromatic carbocycles. The summed E-state index contributed by atoms with van der Waals surface area (Å²) in [4.78, 5) is 4.09. The highest BCUT2D eigenvalue weighted by Crippen LogP contribution is 2.44. The molecule has 1 aliphatic rings. The zero-order valence-electron chi connectivity index (χ0n) is 19.2. The normalized spacial score (nSPS) is 14.9. The van der Waals surface area contributed by atoms with Crippen molar-refractivity contribution in [2.45, 2.75) is 71.0 Å². The van der Waals surface area contributed by atoms with Crippen LogP contribution in [0.1, 0.15) is 52.8 Å². The van der Waals surface area contributed by atoms with Crippen molar-refractivity contribution in [3.63, 3.8) is 0 Å². The van der Waals surface area contributed by atoms with Crippen LogP contribution in [0.2, 0.25) is 16.6 Å². The molecule has 3 heterocycles. The van der Waals surface area contributed by atoms with E-state index in [0.717, 1.165) is 17.7 Å². The molecule has 166 valence electrons. The minimum absolute atomic E-state index is 0.0253. The number of pyridine rings is 1. The smallest absolute Gasteiger partial charge is 0.260 e. The van der Waals surface area contributed by atoms with Crippen LogP contribution in [0.5, 0.6) is 11.8 Å². The topological polar surface area (TPSA) is 58.4 Å². The summed E-state index contributed by atoms with van der Waals surface area (Å²) in [6.07, 6.45) is 3.01. The highest BCUT2D eigenvalue weighted by molar-refractivity contribution is 6.78. The van der Waals surface area contributed by atoms with Crippen LogP contribution in [0.15, 0.2) is 12.3 Å². The number of fused-ring (bicyclic) bond motifs is 1. The molecule has 0 amide bonds. The maximum Gasteiger partial charge on any atom is 0.260 e. The van der Waals surface area contributed by atoms with Gasteiger partial charge in [-0.1, -0.05) is 41.5 Å². The monoisotopic (exact) mass is 435 g/mol. The Morgan fingerprint density at radius 1 is 1.03 bits per heavy atom. The summed E-state index contributed by atoms with van der Waals surface area (Å²) >= 11 is 0. The zero-order chi connectivity index (χ0) is 22.1. The number of halogens is 1. The molecule has 0 unspecified atom stereocenters. The Morgan fingerprint density at radius 3 is 2.23 bits per heavy atom. The molecule has 0 aliphatic carbocycles. The van der Waals surface area contributed by atoms with Crippen LogP contribution >= 0.6 is 0 Å². The molecule has 0 saturated heterocycles. The Balaban J connectivity index is 2.13. The average Bonchev–Trinajstić information content (AvgIpc) is 2.85. The number of hydrogen-bond acceptors (Lipinski definition) is 5. The van der Waals surface area contributed by atoms with Gasteiger partial charge >= 0.3 is 0 Å². The first-order valence-electron chi connectivity index (χ1n) is 10.8. The van der Waals surface area contributed by atoms with E-state index in [9.17, 15) is 4.39 Å².